The first kappa shape index (κ1) is 10.7. The fourth-order valence-corrected chi connectivity index (χ4v) is 3.00. The Bertz CT molecular complexity index is 712. The highest BCUT2D eigenvalue weighted by atomic mass is 28.3. The summed E-state index contributed by atoms with van der Waals surface area (Å²) < 4.78 is 1.21. The van der Waals surface area contributed by atoms with E-state index in [1.807, 2.05) is 19.6 Å². The van der Waals surface area contributed by atoms with Crippen LogP contribution in [0.4, 0.5) is 0 Å². The molecule has 0 bridgehead atoms. The number of imidazole rings is 1. The van der Waals surface area contributed by atoms with Gasteiger partial charge in [-0.05, 0) is 0 Å². The predicted octanol–water partition coefficient (Wildman–Crippen LogP) is -0.611. The molecule has 86 valence electrons. The van der Waals surface area contributed by atoms with Crippen molar-refractivity contribution >= 4 is 19.4 Å². The molecule has 0 fully saturated rings. The average molecular weight is 240 g/mol. The first-order valence-corrected chi connectivity index (χ1v) is 8.23. The second kappa shape index (κ2) is 3.08. The lowest BCUT2D eigenvalue weighted by Gasteiger charge is -2.17. The molecular weight excluding hydrogens is 228 g/mol. The van der Waals surface area contributed by atoms with Crippen molar-refractivity contribution in [3.05, 3.63) is 31.3 Å². The predicted molar refractivity (Wildman–Crippen MR) is 62.5 cm³/mol. The molecule has 0 amide bonds. The lowest BCUT2D eigenvalue weighted by atomic mass is 10.5. The average Bonchev–Trinajstić information content (AvgIpc) is 2.43. The number of aromatic amines is 3. The Hall–Kier alpha value is -1.83. The minimum absolute atomic E-state index is 0.118. The van der Waals surface area contributed by atoms with E-state index in [0.717, 1.165) is 0 Å². The van der Waals surface area contributed by atoms with Crippen molar-refractivity contribution < 1.29 is 0 Å². The Kier molecular flexibility index (Phi) is 2.05. The van der Waals surface area contributed by atoms with Crippen molar-refractivity contribution in [3.8, 4) is 0 Å². The van der Waals surface area contributed by atoms with Crippen LogP contribution in [0.15, 0.2) is 14.4 Å². The monoisotopic (exact) mass is 240 g/mol. The van der Waals surface area contributed by atoms with Crippen molar-refractivity contribution in [3.63, 3.8) is 0 Å². The molecule has 0 aliphatic carbocycles. The van der Waals surface area contributed by atoms with Crippen LogP contribution < -0.4 is 16.9 Å². The first-order chi connectivity index (χ1) is 7.30. The third kappa shape index (κ3) is 1.47. The largest absolute Gasteiger partial charge is 0.325 e. The summed E-state index contributed by atoms with van der Waals surface area (Å²) in [4.78, 5) is 42.0. The van der Waals surface area contributed by atoms with Gasteiger partial charge in [-0.2, -0.15) is 0 Å². The van der Waals surface area contributed by atoms with Gasteiger partial charge in [-0.1, -0.05) is 19.6 Å². The Labute approximate surface area is 90.2 Å². The summed E-state index contributed by atoms with van der Waals surface area (Å²) in [5, 5.41) is 0. The molecule has 2 aromatic rings. The Balaban J connectivity index is 3.03. The van der Waals surface area contributed by atoms with Crippen LogP contribution in [0.25, 0.3) is 11.2 Å². The van der Waals surface area contributed by atoms with E-state index in [-0.39, 0.29) is 11.2 Å². The summed E-state index contributed by atoms with van der Waals surface area (Å²) in [6.07, 6.45) is 0. The number of H-pyrrole nitrogens is 3. The molecule has 0 spiro atoms. The SMILES string of the molecule is C[Si](C)(C)n1c(=O)[nH]c2[nH]c(=O)[nH]c2c1=O. The van der Waals surface area contributed by atoms with Crippen LogP contribution in [0, 0.1) is 0 Å². The molecule has 0 saturated heterocycles. The molecule has 8 heteroatoms. The molecule has 2 rings (SSSR count). The van der Waals surface area contributed by atoms with Crippen molar-refractivity contribution in [1.82, 2.24) is 19.2 Å². The van der Waals surface area contributed by atoms with E-state index in [9.17, 15) is 14.4 Å². The second-order valence-corrected chi connectivity index (χ2v) is 9.36. The van der Waals surface area contributed by atoms with Crippen molar-refractivity contribution in [2.45, 2.75) is 19.6 Å². The quantitative estimate of drug-likeness (QED) is 0.579. The number of nitrogens with one attached hydrogen (secondary N) is 3. The van der Waals surface area contributed by atoms with E-state index in [2.05, 4.69) is 15.0 Å². The van der Waals surface area contributed by atoms with Gasteiger partial charge < -0.3 is 0 Å². The number of rotatable bonds is 1. The molecule has 2 heterocycles. The highest BCUT2D eigenvalue weighted by Gasteiger charge is 2.23. The van der Waals surface area contributed by atoms with Gasteiger partial charge in [-0.3, -0.25) is 24.0 Å². The third-order valence-electron chi connectivity index (χ3n) is 2.25. The Morgan fingerprint density at radius 3 is 2.19 bits per heavy atom. The van der Waals surface area contributed by atoms with Gasteiger partial charge in [0.1, 0.15) is 11.2 Å². The topological polar surface area (TPSA) is 104 Å². The molecule has 0 radical (unpaired) electrons. The van der Waals surface area contributed by atoms with Gasteiger partial charge in [0.2, 0.25) is 0 Å². The molecule has 0 unspecified atom stereocenters. The second-order valence-electron chi connectivity index (χ2n) is 4.57. The highest BCUT2D eigenvalue weighted by Crippen LogP contribution is 2.00. The fraction of sp³-hybridized carbons (Fsp3) is 0.375. The van der Waals surface area contributed by atoms with Gasteiger partial charge in [0, 0.05) is 0 Å². The van der Waals surface area contributed by atoms with Crippen molar-refractivity contribution in [2.75, 3.05) is 0 Å². The van der Waals surface area contributed by atoms with Crippen LogP contribution in [-0.2, 0) is 0 Å². The maximum absolute atomic E-state index is 12.0. The van der Waals surface area contributed by atoms with E-state index in [0.29, 0.717) is 0 Å². The summed E-state index contributed by atoms with van der Waals surface area (Å²) >= 11 is 0. The standard InChI is InChI=1S/C8H12N4O3Si/c1-16(2,3)12-6(13)4-5(11-8(12)15)10-7(14)9-4/h1-3H3,(H,11,15)(H2,9,10,14). The number of fused-ring (bicyclic) bond motifs is 1. The summed E-state index contributed by atoms with van der Waals surface area (Å²) in [5.41, 5.74) is -1.17. The maximum atomic E-state index is 12.0. The molecule has 0 aromatic carbocycles. The molecule has 0 aliphatic heterocycles. The molecule has 7 nitrogen and oxygen atoms in total. The van der Waals surface area contributed by atoms with Gasteiger partial charge in [-0.25, -0.2) is 9.59 Å². The zero-order valence-corrected chi connectivity index (χ0v) is 10.2. The summed E-state index contributed by atoms with van der Waals surface area (Å²) in [6, 6.07) is 0. The molecule has 0 atom stereocenters. The van der Waals surface area contributed by atoms with E-state index >= 15 is 0 Å². The van der Waals surface area contributed by atoms with Gasteiger partial charge in [0.05, 0.1) is 0 Å². The number of nitrogens with zero attached hydrogens (tertiary/aromatic N) is 1. The summed E-state index contributed by atoms with van der Waals surface area (Å²) in [5.74, 6) is 0. The van der Waals surface area contributed by atoms with E-state index in [1.54, 1.807) is 0 Å². The molecule has 16 heavy (non-hydrogen) atoms. The highest BCUT2D eigenvalue weighted by molar-refractivity contribution is 6.74. The van der Waals surface area contributed by atoms with Gasteiger partial charge in [-0.15, -0.1) is 0 Å². The summed E-state index contributed by atoms with van der Waals surface area (Å²) in [7, 11) is -2.11. The van der Waals surface area contributed by atoms with Crippen LogP contribution in [0.1, 0.15) is 0 Å². The van der Waals surface area contributed by atoms with Crippen LogP contribution in [0.3, 0.4) is 0 Å². The minimum Gasteiger partial charge on any atom is -0.300 e. The van der Waals surface area contributed by atoms with Crippen molar-refractivity contribution in [2.24, 2.45) is 0 Å². The van der Waals surface area contributed by atoms with Gasteiger partial charge in [0.25, 0.3) is 5.56 Å². The fourth-order valence-electron chi connectivity index (χ4n) is 1.61. The number of hydrogen-bond donors (Lipinski definition) is 3. The maximum Gasteiger partial charge on any atom is 0.325 e. The smallest absolute Gasteiger partial charge is 0.300 e. The molecule has 0 saturated carbocycles. The van der Waals surface area contributed by atoms with Crippen LogP contribution in [-0.4, -0.2) is 27.4 Å². The lowest BCUT2D eigenvalue weighted by Crippen LogP contribution is -2.50. The Morgan fingerprint density at radius 1 is 1.00 bits per heavy atom. The van der Waals surface area contributed by atoms with Crippen molar-refractivity contribution in [1.29, 1.82) is 0 Å². The van der Waals surface area contributed by atoms with Crippen LogP contribution in [0.2, 0.25) is 19.6 Å². The van der Waals surface area contributed by atoms with E-state index < -0.39 is 25.2 Å². The van der Waals surface area contributed by atoms with E-state index in [4.69, 9.17) is 0 Å². The first-order valence-electron chi connectivity index (χ1n) is 4.78. The van der Waals surface area contributed by atoms with E-state index in [1.165, 1.54) is 4.23 Å². The number of hydrogen-bond acceptors (Lipinski definition) is 3. The zero-order chi connectivity index (χ0) is 12.1. The lowest BCUT2D eigenvalue weighted by molar-refractivity contribution is 0.943. The molecular formula is C8H12N4O3Si. The number of aromatic nitrogens is 4. The van der Waals surface area contributed by atoms with Crippen LogP contribution >= 0.6 is 0 Å². The molecule has 2 aromatic heterocycles. The zero-order valence-electron chi connectivity index (χ0n) is 9.17. The van der Waals surface area contributed by atoms with Gasteiger partial charge >= 0.3 is 11.4 Å². The molecule has 0 aliphatic rings. The van der Waals surface area contributed by atoms with Gasteiger partial charge in [0.15, 0.2) is 8.24 Å². The summed E-state index contributed by atoms with van der Waals surface area (Å²) in [6.45, 7) is 5.63. The minimum atomic E-state index is -2.11. The third-order valence-corrected chi connectivity index (χ3v) is 4.00. The normalized spacial score (nSPS) is 12.2. The molecule has 3 N–H and O–H groups in total. The Morgan fingerprint density at radius 2 is 1.62 bits per heavy atom. The van der Waals surface area contributed by atoms with Crippen LogP contribution in [0.5, 0.6) is 0 Å².